The number of nitrogens with zero attached hydrogens (tertiary/aromatic N) is 2. The van der Waals surface area contributed by atoms with Gasteiger partial charge >= 0.3 is 0 Å². The van der Waals surface area contributed by atoms with Crippen LogP contribution >= 0.6 is 23.1 Å². The van der Waals surface area contributed by atoms with Crippen LogP contribution in [0, 0.1) is 12.8 Å². The van der Waals surface area contributed by atoms with Gasteiger partial charge in [-0.15, -0.1) is 11.3 Å². The van der Waals surface area contributed by atoms with Gasteiger partial charge in [-0.2, -0.15) is 0 Å². The SMILES string of the molecule is Cc1csc(SCc2ccc(C(=O)NCCCN3CCCC(C)C3)cc2)n1. The van der Waals surface area contributed by atoms with E-state index in [0.29, 0.717) is 0 Å². The molecule has 1 saturated heterocycles. The van der Waals surface area contributed by atoms with Crippen molar-refractivity contribution in [2.45, 2.75) is 43.2 Å². The fourth-order valence-electron chi connectivity index (χ4n) is 3.39. The molecule has 2 aromatic rings. The number of rotatable bonds is 8. The van der Waals surface area contributed by atoms with E-state index in [1.807, 2.05) is 31.2 Å². The molecule has 1 aliphatic heterocycles. The number of piperidine rings is 1. The van der Waals surface area contributed by atoms with E-state index >= 15 is 0 Å². The molecule has 2 heterocycles. The number of nitrogens with one attached hydrogen (secondary N) is 1. The maximum Gasteiger partial charge on any atom is 0.251 e. The smallest absolute Gasteiger partial charge is 0.251 e. The van der Waals surface area contributed by atoms with Crippen molar-refractivity contribution < 1.29 is 4.79 Å². The minimum absolute atomic E-state index is 0.0248. The third-order valence-electron chi connectivity index (χ3n) is 4.85. The molecule has 146 valence electrons. The maximum absolute atomic E-state index is 12.3. The van der Waals surface area contributed by atoms with Crippen molar-refractivity contribution in [1.82, 2.24) is 15.2 Å². The molecule has 4 nitrogen and oxygen atoms in total. The Labute approximate surface area is 170 Å². The molecular formula is C21H29N3OS2. The molecule has 0 radical (unpaired) electrons. The van der Waals surface area contributed by atoms with E-state index < -0.39 is 0 Å². The molecule has 0 saturated carbocycles. The van der Waals surface area contributed by atoms with Gasteiger partial charge in [0.15, 0.2) is 0 Å². The minimum atomic E-state index is 0.0248. The van der Waals surface area contributed by atoms with E-state index in [-0.39, 0.29) is 5.91 Å². The largest absolute Gasteiger partial charge is 0.352 e. The van der Waals surface area contributed by atoms with Crippen LogP contribution in [-0.4, -0.2) is 42.0 Å². The second-order valence-electron chi connectivity index (χ2n) is 7.40. The summed E-state index contributed by atoms with van der Waals surface area (Å²) in [5.74, 6) is 1.71. The summed E-state index contributed by atoms with van der Waals surface area (Å²) in [6.45, 7) is 8.57. The first-order chi connectivity index (χ1) is 13.1. The van der Waals surface area contributed by atoms with E-state index in [9.17, 15) is 4.79 Å². The number of aromatic nitrogens is 1. The molecule has 0 bridgehead atoms. The molecule has 1 aromatic carbocycles. The summed E-state index contributed by atoms with van der Waals surface area (Å²) in [6.07, 6.45) is 3.67. The Hall–Kier alpha value is -1.37. The van der Waals surface area contributed by atoms with E-state index in [4.69, 9.17) is 0 Å². The van der Waals surface area contributed by atoms with Gasteiger partial charge in [-0.05, 0) is 62.9 Å². The molecule has 1 atom stereocenters. The Kier molecular flexibility index (Phi) is 7.73. The number of carbonyl (C=O) groups excluding carboxylic acids is 1. The molecule has 27 heavy (non-hydrogen) atoms. The summed E-state index contributed by atoms with van der Waals surface area (Å²) < 4.78 is 1.09. The zero-order chi connectivity index (χ0) is 19.1. The third kappa shape index (κ3) is 6.63. The molecule has 1 amide bonds. The summed E-state index contributed by atoms with van der Waals surface area (Å²) in [4.78, 5) is 19.3. The highest BCUT2D eigenvalue weighted by Gasteiger charge is 2.15. The third-order valence-corrected chi connectivity index (χ3v) is 7.06. The Morgan fingerprint density at radius 3 is 2.89 bits per heavy atom. The van der Waals surface area contributed by atoms with Gasteiger partial charge in [-0.3, -0.25) is 4.79 Å². The van der Waals surface area contributed by atoms with Crippen molar-refractivity contribution in [3.05, 3.63) is 46.5 Å². The number of hydrogen-bond acceptors (Lipinski definition) is 5. The lowest BCUT2D eigenvalue weighted by Crippen LogP contribution is -2.36. The molecule has 0 spiro atoms. The van der Waals surface area contributed by atoms with Gasteiger partial charge in [0.25, 0.3) is 5.91 Å². The lowest BCUT2D eigenvalue weighted by Gasteiger charge is -2.30. The average Bonchev–Trinajstić information content (AvgIpc) is 3.09. The lowest BCUT2D eigenvalue weighted by atomic mass is 10.0. The van der Waals surface area contributed by atoms with Crippen LogP contribution in [0.4, 0.5) is 0 Å². The van der Waals surface area contributed by atoms with Crippen LogP contribution in [0.2, 0.25) is 0 Å². The van der Waals surface area contributed by atoms with Gasteiger partial charge in [-0.1, -0.05) is 30.8 Å². The van der Waals surface area contributed by atoms with Crippen LogP contribution in [0.5, 0.6) is 0 Å². The maximum atomic E-state index is 12.3. The van der Waals surface area contributed by atoms with Crippen LogP contribution in [0.1, 0.15) is 47.8 Å². The topological polar surface area (TPSA) is 45.2 Å². The second-order valence-corrected chi connectivity index (χ2v) is 9.48. The zero-order valence-electron chi connectivity index (χ0n) is 16.2. The monoisotopic (exact) mass is 403 g/mol. The number of carbonyl (C=O) groups is 1. The van der Waals surface area contributed by atoms with Crippen LogP contribution in [0.15, 0.2) is 34.0 Å². The predicted molar refractivity (Wildman–Crippen MR) is 115 cm³/mol. The average molecular weight is 404 g/mol. The molecule has 1 fully saturated rings. The highest BCUT2D eigenvalue weighted by atomic mass is 32.2. The highest BCUT2D eigenvalue weighted by molar-refractivity contribution is 8.00. The van der Waals surface area contributed by atoms with Crippen LogP contribution < -0.4 is 5.32 Å². The van der Waals surface area contributed by atoms with Crippen LogP contribution in [-0.2, 0) is 5.75 Å². The standard InChI is InChI=1S/C21H29N3OS2/c1-16-5-3-11-24(13-16)12-4-10-22-20(25)19-8-6-18(7-9-19)15-27-21-23-17(2)14-26-21/h6-9,14,16H,3-5,10-13,15H2,1-2H3,(H,22,25). The van der Waals surface area contributed by atoms with Gasteiger partial charge in [-0.25, -0.2) is 4.98 Å². The van der Waals surface area contributed by atoms with Crippen molar-refractivity contribution in [3.8, 4) is 0 Å². The summed E-state index contributed by atoms with van der Waals surface area (Å²) in [6, 6.07) is 7.92. The fourth-order valence-corrected chi connectivity index (χ4v) is 5.20. The van der Waals surface area contributed by atoms with E-state index in [0.717, 1.165) is 46.8 Å². The zero-order valence-corrected chi connectivity index (χ0v) is 17.9. The molecule has 6 heteroatoms. The minimum Gasteiger partial charge on any atom is -0.352 e. The number of amides is 1. The van der Waals surface area contributed by atoms with Crippen LogP contribution in [0.3, 0.4) is 0 Å². The Balaban J connectivity index is 1.37. The van der Waals surface area contributed by atoms with Crippen molar-refractivity contribution in [2.75, 3.05) is 26.2 Å². The summed E-state index contributed by atoms with van der Waals surface area (Å²) in [5, 5.41) is 5.12. The van der Waals surface area contributed by atoms with Gasteiger partial charge in [0, 0.05) is 35.5 Å². The summed E-state index contributed by atoms with van der Waals surface area (Å²) >= 11 is 3.42. The first-order valence-corrected chi connectivity index (χ1v) is 11.6. The molecular weight excluding hydrogens is 374 g/mol. The molecule has 1 N–H and O–H groups in total. The molecule has 1 unspecified atom stereocenters. The Morgan fingerprint density at radius 2 is 2.19 bits per heavy atom. The molecule has 3 rings (SSSR count). The van der Waals surface area contributed by atoms with Gasteiger partial charge in [0.05, 0.1) is 0 Å². The summed E-state index contributed by atoms with van der Waals surface area (Å²) in [5.41, 5.74) is 3.02. The Bertz CT molecular complexity index is 729. The second kappa shape index (κ2) is 10.2. The normalized spacial score (nSPS) is 17.8. The van der Waals surface area contributed by atoms with Gasteiger partial charge in [0.1, 0.15) is 4.34 Å². The van der Waals surface area contributed by atoms with Crippen molar-refractivity contribution in [1.29, 1.82) is 0 Å². The fraction of sp³-hybridized carbons (Fsp3) is 0.524. The summed E-state index contributed by atoms with van der Waals surface area (Å²) in [7, 11) is 0. The Morgan fingerprint density at radius 1 is 1.37 bits per heavy atom. The van der Waals surface area contributed by atoms with Crippen molar-refractivity contribution in [2.24, 2.45) is 5.92 Å². The lowest BCUT2D eigenvalue weighted by molar-refractivity contribution is 0.0950. The van der Waals surface area contributed by atoms with E-state index in [1.165, 1.54) is 31.5 Å². The number of thioether (sulfide) groups is 1. The number of likely N-dealkylation sites (tertiary alicyclic amines) is 1. The number of benzene rings is 1. The molecule has 1 aromatic heterocycles. The van der Waals surface area contributed by atoms with Crippen molar-refractivity contribution >= 4 is 29.0 Å². The van der Waals surface area contributed by atoms with Crippen molar-refractivity contribution in [3.63, 3.8) is 0 Å². The number of hydrogen-bond donors (Lipinski definition) is 1. The first kappa shape index (κ1) is 20.4. The van der Waals surface area contributed by atoms with E-state index in [1.54, 1.807) is 23.1 Å². The quantitative estimate of drug-likeness (QED) is 0.517. The van der Waals surface area contributed by atoms with Gasteiger partial charge in [0.2, 0.25) is 0 Å². The number of aryl methyl sites for hydroxylation is 1. The highest BCUT2D eigenvalue weighted by Crippen LogP contribution is 2.26. The predicted octanol–water partition coefficient (Wildman–Crippen LogP) is 4.60. The molecule has 0 aliphatic carbocycles. The number of thiazole rings is 1. The molecule has 1 aliphatic rings. The first-order valence-electron chi connectivity index (χ1n) is 9.74. The van der Waals surface area contributed by atoms with Gasteiger partial charge < -0.3 is 10.2 Å². The van der Waals surface area contributed by atoms with Crippen LogP contribution in [0.25, 0.3) is 0 Å². The van der Waals surface area contributed by atoms with E-state index in [2.05, 4.69) is 27.5 Å².